The van der Waals surface area contributed by atoms with Crippen molar-refractivity contribution in [2.75, 3.05) is 6.54 Å². The maximum Gasteiger partial charge on any atom is 0.0154 e. The van der Waals surface area contributed by atoms with E-state index in [1.807, 2.05) is 0 Å². The second-order valence-corrected chi connectivity index (χ2v) is 4.28. The SMILES string of the molecule is CC(N)C(C)CNC1(C)CC1. The standard InChI is InChI=1S/C9H20N2/c1-7(8(2)10)6-11-9(3)4-5-9/h7-8,11H,4-6,10H2,1-3H3. The van der Waals surface area contributed by atoms with Crippen molar-refractivity contribution in [2.24, 2.45) is 11.7 Å². The zero-order valence-electron chi connectivity index (χ0n) is 7.85. The van der Waals surface area contributed by atoms with Crippen LogP contribution >= 0.6 is 0 Å². The van der Waals surface area contributed by atoms with Gasteiger partial charge in [0.2, 0.25) is 0 Å². The largest absolute Gasteiger partial charge is 0.328 e. The molecular formula is C9H20N2. The molecule has 11 heavy (non-hydrogen) atoms. The zero-order chi connectivity index (χ0) is 8.48. The van der Waals surface area contributed by atoms with Crippen LogP contribution in [0.25, 0.3) is 0 Å². The highest BCUT2D eigenvalue weighted by Crippen LogP contribution is 2.34. The molecule has 1 fully saturated rings. The van der Waals surface area contributed by atoms with Gasteiger partial charge in [-0.25, -0.2) is 0 Å². The van der Waals surface area contributed by atoms with E-state index in [0.717, 1.165) is 6.54 Å². The van der Waals surface area contributed by atoms with Gasteiger partial charge in [-0.1, -0.05) is 6.92 Å². The van der Waals surface area contributed by atoms with Crippen molar-refractivity contribution in [3.63, 3.8) is 0 Å². The Hall–Kier alpha value is -0.0800. The van der Waals surface area contributed by atoms with Gasteiger partial charge in [0.05, 0.1) is 0 Å². The van der Waals surface area contributed by atoms with E-state index < -0.39 is 0 Å². The Morgan fingerprint density at radius 1 is 1.45 bits per heavy atom. The van der Waals surface area contributed by atoms with Crippen molar-refractivity contribution in [2.45, 2.75) is 45.2 Å². The van der Waals surface area contributed by atoms with Crippen molar-refractivity contribution in [3.8, 4) is 0 Å². The van der Waals surface area contributed by atoms with Crippen LogP contribution < -0.4 is 11.1 Å². The Bertz CT molecular complexity index is 128. The van der Waals surface area contributed by atoms with E-state index in [2.05, 4.69) is 26.1 Å². The molecule has 0 aromatic heterocycles. The van der Waals surface area contributed by atoms with Crippen LogP contribution in [0.5, 0.6) is 0 Å². The van der Waals surface area contributed by atoms with Gasteiger partial charge in [-0.05, 0) is 39.2 Å². The molecule has 3 N–H and O–H groups in total. The van der Waals surface area contributed by atoms with E-state index in [0.29, 0.717) is 17.5 Å². The molecule has 1 aliphatic carbocycles. The number of nitrogens with one attached hydrogen (secondary N) is 1. The molecule has 0 amide bonds. The minimum Gasteiger partial charge on any atom is -0.328 e. The summed E-state index contributed by atoms with van der Waals surface area (Å²) in [6, 6.07) is 0.310. The molecule has 2 unspecified atom stereocenters. The molecule has 0 aromatic carbocycles. The van der Waals surface area contributed by atoms with E-state index in [1.54, 1.807) is 0 Å². The predicted octanol–water partition coefficient (Wildman–Crippen LogP) is 1.11. The summed E-state index contributed by atoms with van der Waals surface area (Å²) < 4.78 is 0. The van der Waals surface area contributed by atoms with Gasteiger partial charge in [0, 0.05) is 11.6 Å². The molecule has 2 atom stereocenters. The molecule has 0 aliphatic heterocycles. The smallest absolute Gasteiger partial charge is 0.0154 e. The highest BCUT2D eigenvalue weighted by molar-refractivity contribution is 4.97. The van der Waals surface area contributed by atoms with Crippen LogP contribution in [0, 0.1) is 5.92 Å². The van der Waals surface area contributed by atoms with Crippen LogP contribution in [-0.2, 0) is 0 Å². The van der Waals surface area contributed by atoms with Gasteiger partial charge in [0.1, 0.15) is 0 Å². The first-order valence-electron chi connectivity index (χ1n) is 4.54. The van der Waals surface area contributed by atoms with Crippen molar-refractivity contribution in [1.29, 1.82) is 0 Å². The molecule has 0 bridgehead atoms. The fourth-order valence-electron chi connectivity index (χ4n) is 0.958. The summed E-state index contributed by atoms with van der Waals surface area (Å²) in [5.74, 6) is 0.590. The monoisotopic (exact) mass is 156 g/mol. The Labute approximate surface area is 69.5 Å². The average molecular weight is 156 g/mol. The lowest BCUT2D eigenvalue weighted by atomic mass is 10.0. The Balaban J connectivity index is 2.11. The van der Waals surface area contributed by atoms with Gasteiger partial charge in [0.15, 0.2) is 0 Å². The summed E-state index contributed by atoms with van der Waals surface area (Å²) in [5.41, 5.74) is 6.21. The van der Waals surface area contributed by atoms with Crippen molar-refractivity contribution in [1.82, 2.24) is 5.32 Å². The summed E-state index contributed by atoms with van der Waals surface area (Å²) in [5, 5.41) is 3.53. The van der Waals surface area contributed by atoms with E-state index in [9.17, 15) is 0 Å². The van der Waals surface area contributed by atoms with Crippen molar-refractivity contribution >= 4 is 0 Å². The summed E-state index contributed by atoms with van der Waals surface area (Å²) in [7, 11) is 0. The number of nitrogens with two attached hydrogens (primary N) is 1. The van der Waals surface area contributed by atoms with Crippen molar-refractivity contribution in [3.05, 3.63) is 0 Å². The van der Waals surface area contributed by atoms with Gasteiger partial charge in [-0.3, -0.25) is 0 Å². The zero-order valence-corrected chi connectivity index (χ0v) is 7.85. The molecule has 1 rings (SSSR count). The first-order valence-corrected chi connectivity index (χ1v) is 4.54. The molecule has 0 radical (unpaired) electrons. The molecule has 66 valence electrons. The van der Waals surface area contributed by atoms with Gasteiger partial charge in [-0.15, -0.1) is 0 Å². The van der Waals surface area contributed by atoms with Crippen LogP contribution in [-0.4, -0.2) is 18.1 Å². The van der Waals surface area contributed by atoms with E-state index in [1.165, 1.54) is 12.8 Å². The first-order chi connectivity index (χ1) is 5.03. The second-order valence-electron chi connectivity index (χ2n) is 4.28. The minimum absolute atomic E-state index is 0.310. The van der Waals surface area contributed by atoms with Gasteiger partial charge >= 0.3 is 0 Å². The average Bonchev–Trinajstić information content (AvgIpc) is 2.64. The topological polar surface area (TPSA) is 38.0 Å². The summed E-state index contributed by atoms with van der Waals surface area (Å²) >= 11 is 0. The fraction of sp³-hybridized carbons (Fsp3) is 1.00. The van der Waals surface area contributed by atoms with Crippen LogP contribution in [0.1, 0.15) is 33.6 Å². The van der Waals surface area contributed by atoms with Crippen LogP contribution in [0.3, 0.4) is 0 Å². The van der Waals surface area contributed by atoms with Crippen LogP contribution in [0.15, 0.2) is 0 Å². The quantitative estimate of drug-likeness (QED) is 0.640. The first kappa shape index (κ1) is 9.01. The summed E-state index contributed by atoms with van der Waals surface area (Å²) in [6.07, 6.45) is 2.66. The molecule has 0 saturated heterocycles. The Morgan fingerprint density at radius 2 is 2.00 bits per heavy atom. The minimum atomic E-state index is 0.310. The lowest BCUT2D eigenvalue weighted by Crippen LogP contribution is -2.38. The van der Waals surface area contributed by atoms with E-state index in [-0.39, 0.29) is 0 Å². The highest BCUT2D eigenvalue weighted by Gasteiger charge is 2.36. The molecular weight excluding hydrogens is 136 g/mol. The van der Waals surface area contributed by atoms with Gasteiger partial charge in [-0.2, -0.15) is 0 Å². The Kier molecular flexibility index (Phi) is 2.55. The van der Waals surface area contributed by atoms with Crippen LogP contribution in [0.4, 0.5) is 0 Å². The molecule has 0 aromatic rings. The molecule has 1 saturated carbocycles. The lowest BCUT2D eigenvalue weighted by molar-refractivity contribution is 0.408. The van der Waals surface area contributed by atoms with Crippen LogP contribution in [0.2, 0.25) is 0 Å². The third-order valence-electron chi connectivity index (χ3n) is 2.75. The van der Waals surface area contributed by atoms with E-state index in [4.69, 9.17) is 5.73 Å². The molecule has 1 aliphatic rings. The lowest BCUT2D eigenvalue weighted by Gasteiger charge is -2.19. The second kappa shape index (κ2) is 3.11. The van der Waals surface area contributed by atoms with Gasteiger partial charge < -0.3 is 11.1 Å². The third kappa shape index (κ3) is 2.80. The normalized spacial score (nSPS) is 26.2. The summed E-state index contributed by atoms with van der Waals surface area (Å²) in [6.45, 7) is 7.61. The van der Waals surface area contributed by atoms with Gasteiger partial charge in [0.25, 0.3) is 0 Å². The highest BCUT2D eigenvalue weighted by atomic mass is 15.0. The molecule has 0 spiro atoms. The fourth-order valence-corrected chi connectivity index (χ4v) is 0.958. The molecule has 2 heteroatoms. The van der Waals surface area contributed by atoms with Crippen molar-refractivity contribution < 1.29 is 0 Å². The molecule has 2 nitrogen and oxygen atoms in total. The molecule has 0 heterocycles. The number of hydrogen-bond acceptors (Lipinski definition) is 2. The maximum absolute atomic E-state index is 5.75. The van der Waals surface area contributed by atoms with E-state index >= 15 is 0 Å². The summed E-state index contributed by atoms with van der Waals surface area (Å²) in [4.78, 5) is 0. The number of hydrogen-bond donors (Lipinski definition) is 2. The number of rotatable bonds is 4. The predicted molar refractivity (Wildman–Crippen MR) is 48.5 cm³/mol. The third-order valence-corrected chi connectivity index (χ3v) is 2.75. The Morgan fingerprint density at radius 3 is 2.36 bits per heavy atom. The maximum atomic E-state index is 5.75.